The fraction of sp³-hybridized carbons (Fsp3) is 0.222. The van der Waals surface area contributed by atoms with Gasteiger partial charge in [-0.05, 0) is 12.0 Å². The quantitative estimate of drug-likeness (QED) is 0.292. The number of benzene rings is 2. The van der Waals surface area contributed by atoms with Crippen molar-refractivity contribution >= 4 is 0 Å². The standard InChI is InChI=1S/C18H17N3O/c19-21-20-15-9-3-8-14-18(22,16-10-4-1-5-11-16)17-12-6-2-7-13-17/h1-2,4-7,10-13,22H,3,9,15H2. The normalized spacial score (nSPS) is 10.2. The predicted octanol–water partition coefficient (Wildman–Crippen LogP) is 4.02. The minimum atomic E-state index is -1.33. The van der Waals surface area contributed by atoms with Gasteiger partial charge in [-0.15, -0.1) is 0 Å². The van der Waals surface area contributed by atoms with Gasteiger partial charge in [0.2, 0.25) is 0 Å². The Kier molecular flexibility index (Phi) is 5.62. The molecule has 0 fully saturated rings. The Hall–Kier alpha value is -2.73. The number of hydrogen-bond acceptors (Lipinski definition) is 2. The summed E-state index contributed by atoms with van der Waals surface area (Å²) in [6.45, 7) is 0.417. The summed E-state index contributed by atoms with van der Waals surface area (Å²) in [5, 5.41) is 14.6. The molecule has 0 radical (unpaired) electrons. The number of azide groups is 1. The second-order valence-electron chi connectivity index (χ2n) is 4.80. The van der Waals surface area contributed by atoms with Gasteiger partial charge in [-0.1, -0.05) is 77.6 Å². The molecule has 0 atom stereocenters. The Labute approximate surface area is 130 Å². The highest BCUT2D eigenvalue weighted by atomic mass is 16.3. The third kappa shape index (κ3) is 3.89. The van der Waals surface area contributed by atoms with Crippen molar-refractivity contribution in [2.75, 3.05) is 6.54 Å². The molecule has 0 aliphatic heterocycles. The molecule has 0 aromatic heterocycles. The molecule has 0 saturated carbocycles. The molecule has 0 bridgehead atoms. The molecule has 4 heteroatoms. The Balaban J connectivity index is 2.27. The van der Waals surface area contributed by atoms with Gasteiger partial charge in [-0.2, -0.15) is 0 Å². The maximum Gasteiger partial charge on any atom is 0.176 e. The maximum absolute atomic E-state index is 11.1. The van der Waals surface area contributed by atoms with Crippen molar-refractivity contribution in [2.24, 2.45) is 5.11 Å². The SMILES string of the molecule is [N-]=[N+]=NCCCC#CC(O)(c1ccccc1)c1ccccc1. The van der Waals surface area contributed by atoms with Crippen molar-refractivity contribution in [1.29, 1.82) is 0 Å². The van der Waals surface area contributed by atoms with Gasteiger partial charge < -0.3 is 5.11 Å². The van der Waals surface area contributed by atoms with Gasteiger partial charge in [0, 0.05) is 29.0 Å². The van der Waals surface area contributed by atoms with E-state index in [9.17, 15) is 5.11 Å². The monoisotopic (exact) mass is 291 g/mol. The molecule has 2 aromatic rings. The summed E-state index contributed by atoms with van der Waals surface area (Å²) in [5.74, 6) is 5.97. The third-order valence-corrected chi connectivity index (χ3v) is 3.28. The highest BCUT2D eigenvalue weighted by molar-refractivity contribution is 5.44. The van der Waals surface area contributed by atoms with Crippen molar-refractivity contribution in [3.8, 4) is 11.8 Å². The molecule has 0 saturated heterocycles. The minimum Gasteiger partial charge on any atom is -0.369 e. The predicted molar refractivity (Wildman–Crippen MR) is 86.9 cm³/mol. The Morgan fingerprint density at radius 3 is 2.05 bits per heavy atom. The largest absolute Gasteiger partial charge is 0.369 e. The molecule has 4 nitrogen and oxygen atoms in total. The summed E-state index contributed by atoms with van der Waals surface area (Å²) in [6.07, 6.45) is 1.25. The van der Waals surface area contributed by atoms with Crippen LogP contribution >= 0.6 is 0 Å². The average molecular weight is 291 g/mol. The lowest BCUT2D eigenvalue weighted by atomic mass is 9.87. The van der Waals surface area contributed by atoms with Crippen molar-refractivity contribution in [3.63, 3.8) is 0 Å². The third-order valence-electron chi connectivity index (χ3n) is 3.28. The summed E-state index contributed by atoms with van der Waals surface area (Å²) in [5.41, 5.74) is 8.38. The van der Waals surface area contributed by atoms with Crippen molar-refractivity contribution in [2.45, 2.75) is 18.4 Å². The van der Waals surface area contributed by atoms with Crippen LogP contribution in [-0.2, 0) is 5.60 Å². The van der Waals surface area contributed by atoms with Crippen molar-refractivity contribution < 1.29 is 5.11 Å². The van der Waals surface area contributed by atoms with Crippen LogP contribution in [0.3, 0.4) is 0 Å². The van der Waals surface area contributed by atoms with E-state index < -0.39 is 5.60 Å². The van der Waals surface area contributed by atoms with E-state index in [4.69, 9.17) is 5.53 Å². The van der Waals surface area contributed by atoms with Crippen LogP contribution in [0.4, 0.5) is 0 Å². The highest BCUT2D eigenvalue weighted by Gasteiger charge is 2.28. The summed E-state index contributed by atoms with van der Waals surface area (Å²) in [6, 6.07) is 18.8. The molecule has 0 aliphatic rings. The van der Waals surface area contributed by atoms with E-state index in [1.54, 1.807) is 0 Å². The highest BCUT2D eigenvalue weighted by Crippen LogP contribution is 2.28. The smallest absolute Gasteiger partial charge is 0.176 e. The van der Waals surface area contributed by atoms with E-state index in [1.807, 2.05) is 60.7 Å². The Morgan fingerprint density at radius 1 is 1.00 bits per heavy atom. The van der Waals surface area contributed by atoms with Gasteiger partial charge in [0.15, 0.2) is 5.60 Å². The van der Waals surface area contributed by atoms with Gasteiger partial charge in [0.05, 0.1) is 0 Å². The van der Waals surface area contributed by atoms with Crippen LogP contribution in [0.5, 0.6) is 0 Å². The molecular weight excluding hydrogens is 274 g/mol. The number of rotatable bonds is 5. The molecule has 110 valence electrons. The van der Waals surface area contributed by atoms with Crippen LogP contribution < -0.4 is 0 Å². The summed E-state index contributed by atoms with van der Waals surface area (Å²) >= 11 is 0. The summed E-state index contributed by atoms with van der Waals surface area (Å²) in [7, 11) is 0. The lowest BCUT2D eigenvalue weighted by Crippen LogP contribution is -2.25. The first-order valence-corrected chi connectivity index (χ1v) is 7.11. The number of nitrogens with zero attached hydrogens (tertiary/aromatic N) is 3. The topological polar surface area (TPSA) is 69.0 Å². The fourth-order valence-corrected chi connectivity index (χ4v) is 2.14. The van der Waals surface area contributed by atoms with Crippen molar-refractivity contribution in [1.82, 2.24) is 0 Å². The zero-order valence-corrected chi connectivity index (χ0v) is 12.2. The van der Waals surface area contributed by atoms with Crippen molar-refractivity contribution in [3.05, 3.63) is 82.2 Å². The van der Waals surface area contributed by atoms with Crippen LogP contribution in [0.25, 0.3) is 10.4 Å². The average Bonchev–Trinajstić information content (AvgIpc) is 2.59. The molecule has 0 heterocycles. The Morgan fingerprint density at radius 2 is 1.55 bits per heavy atom. The molecule has 22 heavy (non-hydrogen) atoms. The molecule has 1 N–H and O–H groups in total. The second-order valence-corrected chi connectivity index (χ2v) is 4.80. The van der Waals surface area contributed by atoms with Crippen LogP contribution in [0.1, 0.15) is 24.0 Å². The zero-order valence-electron chi connectivity index (χ0n) is 12.2. The minimum absolute atomic E-state index is 0.417. The van der Waals surface area contributed by atoms with Gasteiger partial charge in [-0.3, -0.25) is 0 Å². The van der Waals surface area contributed by atoms with E-state index in [1.165, 1.54) is 0 Å². The lowest BCUT2D eigenvalue weighted by Gasteiger charge is -2.23. The van der Waals surface area contributed by atoms with Crippen LogP contribution in [-0.4, -0.2) is 11.7 Å². The molecule has 0 unspecified atom stereocenters. The van der Waals surface area contributed by atoms with Crippen LogP contribution in [0.15, 0.2) is 65.8 Å². The van der Waals surface area contributed by atoms with Gasteiger partial charge in [0.1, 0.15) is 0 Å². The molecular formula is C18H17N3O. The number of unbranched alkanes of at least 4 members (excludes halogenated alkanes) is 1. The van der Waals surface area contributed by atoms with E-state index in [0.717, 1.165) is 11.1 Å². The first-order chi connectivity index (χ1) is 10.8. The number of aliphatic hydroxyl groups is 1. The first kappa shape index (κ1) is 15.7. The Bertz CT molecular complexity index is 656. The fourth-order valence-electron chi connectivity index (χ4n) is 2.14. The summed E-state index contributed by atoms with van der Waals surface area (Å²) < 4.78 is 0. The molecule has 0 amide bonds. The van der Waals surface area contributed by atoms with E-state index in [-0.39, 0.29) is 0 Å². The van der Waals surface area contributed by atoms with Gasteiger partial charge in [0.25, 0.3) is 0 Å². The molecule has 0 aliphatic carbocycles. The second kappa shape index (κ2) is 7.90. The molecule has 2 rings (SSSR count). The van der Waals surface area contributed by atoms with E-state index >= 15 is 0 Å². The zero-order chi connectivity index (χ0) is 15.7. The first-order valence-electron chi connectivity index (χ1n) is 7.11. The van der Waals surface area contributed by atoms with Crippen LogP contribution in [0.2, 0.25) is 0 Å². The van der Waals surface area contributed by atoms with Crippen LogP contribution in [0, 0.1) is 11.8 Å². The van der Waals surface area contributed by atoms with Gasteiger partial charge in [-0.25, -0.2) is 0 Å². The molecule has 2 aromatic carbocycles. The van der Waals surface area contributed by atoms with E-state index in [0.29, 0.717) is 19.4 Å². The summed E-state index contributed by atoms with van der Waals surface area (Å²) in [4.78, 5) is 2.70. The van der Waals surface area contributed by atoms with E-state index in [2.05, 4.69) is 21.9 Å². The number of hydrogen-bond donors (Lipinski definition) is 1. The lowest BCUT2D eigenvalue weighted by molar-refractivity contribution is 0.145. The molecule has 0 spiro atoms. The van der Waals surface area contributed by atoms with Gasteiger partial charge >= 0.3 is 0 Å². The maximum atomic E-state index is 11.1.